The Labute approximate surface area is 180 Å². The van der Waals surface area contributed by atoms with Gasteiger partial charge in [-0.25, -0.2) is 14.7 Å². The molecule has 1 aromatic heterocycles. The maximum absolute atomic E-state index is 13.2. The van der Waals surface area contributed by atoms with Crippen molar-refractivity contribution in [3.05, 3.63) is 52.7 Å². The number of anilines is 2. The third-order valence-electron chi connectivity index (χ3n) is 5.59. The zero-order valence-corrected chi connectivity index (χ0v) is 16.9. The highest BCUT2D eigenvalue weighted by Crippen LogP contribution is 2.38. The second kappa shape index (κ2) is 7.05. The number of benzene rings is 1. The molecule has 8 nitrogen and oxygen atoms in total. The van der Waals surface area contributed by atoms with Crippen molar-refractivity contribution in [2.45, 2.75) is 38.5 Å². The first kappa shape index (κ1) is 21.3. The molecule has 2 aliphatic rings. The van der Waals surface area contributed by atoms with Gasteiger partial charge in [-0.05, 0) is 43.7 Å². The highest BCUT2D eigenvalue weighted by molar-refractivity contribution is 6.23. The van der Waals surface area contributed by atoms with Gasteiger partial charge in [-0.15, -0.1) is 0 Å². The predicted molar refractivity (Wildman–Crippen MR) is 105 cm³/mol. The fourth-order valence-electron chi connectivity index (χ4n) is 3.83. The molecule has 32 heavy (non-hydrogen) atoms. The lowest BCUT2D eigenvalue weighted by Crippen LogP contribution is -2.43. The van der Waals surface area contributed by atoms with Gasteiger partial charge >= 0.3 is 12.2 Å². The zero-order chi connectivity index (χ0) is 23.4. The van der Waals surface area contributed by atoms with Crippen LogP contribution in [0.25, 0.3) is 0 Å². The number of amides is 4. The minimum absolute atomic E-state index is 0.0143. The first-order chi connectivity index (χ1) is 14.9. The normalized spacial score (nSPS) is 17.4. The molecule has 1 aromatic carbocycles. The van der Waals surface area contributed by atoms with Gasteiger partial charge in [-0.1, -0.05) is 0 Å². The van der Waals surface area contributed by atoms with E-state index in [0.29, 0.717) is 23.0 Å². The first-order valence-corrected chi connectivity index (χ1v) is 9.49. The van der Waals surface area contributed by atoms with Gasteiger partial charge < -0.3 is 10.2 Å². The van der Waals surface area contributed by atoms with Crippen LogP contribution in [0.5, 0.6) is 0 Å². The smallest absolute Gasteiger partial charge is 0.310 e. The summed E-state index contributed by atoms with van der Waals surface area (Å²) in [5, 5.41) is 11.8. The lowest BCUT2D eigenvalue weighted by molar-refractivity contribution is -0.137. The molecular formula is C21H16F3N5O3. The third kappa shape index (κ3) is 3.24. The summed E-state index contributed by atoms with van der Waals surface area (Å²) in [4.78, 5) is 44.2. The van der Waals surface area contributed by atoms with Crippen molar-refractivity contribution in [1.82, 2.24) is 9.88 Å². The molecule has 4 rings (SSSR count). The number of alkyl halides is 3. The van der Waals surface area contributed by atoms with Gasteiger partial charge in [0.25, 0.3) is 5.91 Å². The Hall–Kier alpha value is -3.94. The SMILES string of the molecule is CC1(C)C(=O)N(c2ccc(C(F)(F)F)c(C#N)c2)C(=O)N1Cc1ccnc2c1CC(=O)N2. The van der Waals surface area contributed by atoms with Gasteiger partial charge in [0.15, 0.2) is 0 Å². The number of nitriles is 1. The maximum Gasteiger partial charge on any atom is 0.417 e. The Bertz CT molecular complexity index is 1220. The Balaban J connectivity index is 1.71. The molecular weight excluding hydrogens is 427 g/mol. The molecule has 2 aliphatic heterocycles. The molecule has 1 N–H and O–H groups in total. The average molecular weight is 443 g/mol. The number of rotatable bonds is 3. The number of urea groups is 1. The van der Waals surface area contributed by atoms with Gasteiger partial charge in [0.2, 0.25) is 5.91 Å². The predicted octanol–water partition coefficient (Wildman–Crippen LogP) is 3.21. The molecule has 1 fully saturated rings. The van der Waals surface area contributed by atoms with E-state index in [9.17, 15) is 27.6 Å². The van der Waals surface area contributed by atoms with Crippen LogP contribution in [0, 0.1) is 11.3 Å². The van der Waals surface area contributed by atoms with E-state index in [-0.39, 0.29) is 24.6 Å². The molecule has 0 bridgehead atoms. The van der Waals surface area contributed by atoms with Crippen LogP contribution >= 0.6 is 0 Å². The number of imide groups is 1. The summed E-state index contributed by atoms with van der Waals surface area (Å²) in [6.45, 7) is 3.03. The number of halogens is 3. The zero-order valence-electron chi connectivity index (χ0n) is 16.9. The van der Waals surface area contributed by atoms with Gasteiger partial charge in [0, 0.05) is 18.3 Å². The summed E-state index contributed by atoms with van der Waals surface area (Å²) >= 11 is 0. The van der Waals surface area contributed by atoms with Crippen LogP contribution in [0.15, 0.2) is 30.5 Å². The molecule has 0 atom stereocenters. The van der Waals surface area contributed by atoms with Crippen molar-refractivity contribution < 1.29 is 27.6 Å². The van der Waals surface area contributed by atoms with Gasteiger partial charge in [-0.3, -0.25) is 9.59 Å². The van der Waals surface area contributed by atoms with E-state index in [1.807, 2.05) is 0 Å². The Morgan fingerprint density at radius 2 is 1.94 bits per heavy atom. The number of nitrogens with one attached hydrogen (secondary N) is 1. The standard InChI is InChI=1S/C21H16F3N5O3/c1-20(2)18(31)29(13-3-4-15(21(22,23)24)12(7-13)9-25)19(32)28(20)10-11-5-6-26-17-14(11)8-16(30)27-17/h3-7H,8,10H2,1-2H3,(H,26,27,30). The molecule has 4 amide bonds. The second-order valence-electron chi connectivity index (χ2n) is 7.93. The average Bonchev–Trinajstić information content (AvgIpc) is 3.18. The third-order valence-corrected chi connectivity index (χ3v) is 5.59. The van der Waals surface area contributed by atoms with Crippen molar-refractivity contribution in [2.75, 3.05) is 10.2 Å². The Kier molecular flexibility index (Phi) is 4.69. The quantitative estimate of drug-likeness (QED) is 0.734. The summed E-state index contributed by atoms with van der Waals surface area (Å²) in [5.41, 5.74) is -2.05. The van der Waals surface area contributed by atoms with E-state index >= 15 is 0 Å². The monoisotopic (exact) mass is 443 g/mol. The lowest BCUT2D eigenvalue weighted by atomic mass is 10.0. The topological polar surface area (TPSA) is 106 Å². The molecule has 3 heterocycles. The summed E-state index contributed by atoms with van der Waals surface area (Å²) in [7, 11) is 0. The fraction of sp³-hybridized carbons (Fsp3) is 0.286. The van der Waals surface area contributed by atoms with E-state index in [2.05, 4.69) is 10.3 Å². The molecule has 0 saturated carbocycles. The molecule has 1 saturated heterocycles. The van der Waals surface area contributed by atoms with E-state index < -0.39 is 34.8 Å². The number of nitrogens with zero attached hydrogens (tertiary/aromatic N) is 4. The minimum Gasteiger partial charge on any atom is -0.310 e. The van der Waals surface area contributed by atoms with Gasteiger partial charge in [0.05, 0.1) is 29.3 Å². The van der Waals surface area contributed by atoms with E-state index in [4.69, 9.17) is 5.26 Å². The van der Waals surface area contributed by atoms with Crippen molar-refractivity contribution in [1.29, 1.82) is 5.26 Å². The maximum atomic E-state index is 13.2. The van der Waals surface area contributed by atoms with Crippen LogP contribution in [-0.4, -0.2) is 33.3 Å². The van der Waals surface area contributed by atoms with Crippen LogP contribution in [0.2, 0.25) is 0 Å². The number of carbonyl (C=O) groups is 3. The van der Waals surface area contributed by atoms with Crippen LogP contribution < -0.4 is 10.2 Å². The number of pyridine rings is 1. The highest BCUT2D eigenvalue weighted by atomic mass is 19.4. The second-order valence-corrected chi connectivity index (χ2v) is 7.93. The van der Waals surface area contributed by atoms with Crippen LogP contribution in [0.4, 0.5) is 29.5 Å². The van der Waals surface area contributed by atoms with Gasteiger partial charge in [0.1, 0.15) is 11.4 Å². The molecule has 11 heteroatoms. The number of hydrogen-bond acceptors (Lipinski definition) is 5. The van der Waals surface area contributed by atoms with Crippen LogP contribution in [-0.2, 0) is 28.7 Å². The molecule has 164 valence electrons. The molecule has 0 aliphatic carbocycles. The lowest BCUT2D eigenvalue weighted by Gasteiger charge is -2.28. The van der Waals surface area contributed by atoms with Crippen molar-refractivity contribution in [3.63, 3.8) is 0 Å². The Morgan fingerprint density at radius 1 is 1.22 bits per heavy atom. The number of aromatic nitrogens is 1. The largest absolute Gasteiger partial charge is 0.417 e. The molecule has 0 radical (unpaired) electrons. The molecule has 0 spiro atoms. The van der Waals surface area contributed by atoms with Crippen molar-refractivity contribution in [3.8, 4) is 6.07 Å². The Morgan fingerprint density at radius 3 is 2.59 bits per heavy atom. The summed E-state index contributed by atoms with van der Waals surface area (Å²) < 4.78 is 39.4. The molecule has 2 aromatic rings. The first-order valence-electron chi connectivity index (χ1n) is 9.49. The molecule has 0 unspecified atom stereocenters. The van der Waals surface area contributed by atoms with Crippen LogP contribution in [0.1, 0.15) is 36.1 Å². The summed E-state index contributed by atoms with van der Waals surface area (Å²) in [5.74, 6) is -0.494. The number of carbonyl (C=O) groups excluding carboxylic acids is 3. The van der Waals surface area contributed by atoms with Gasteiger partial charge in [-0.2, -0.15) is 18.4 Å². The van der Waals surface area contributed by atoms with Crippen molar-refractivity contribution in [2.24, 2.45) is 0 Å². The summed E-state index contributed by atoms with van der Waals surface area (Å²) in [6, 6.07) is 4.92. The van der Waals surface area contributed by atoms with E-state index in [1.54, 1.807) is 6.07 Å². The highest BCUT2D eigenvalue weighted by Gasteiger charge is 2.52. The number of hydrogen-bond donors (Lipinski definition) is 1. The van der Waals surface area contributed by atoms with Crippen LogP contribution in [0.3, 0.4) is 0 Å². The van der Waals surface area contributed by atoms with E-state index in [1.165, 1.54) is 31.0 Å². The fourth-order valence-corrected chi connectivity index (χ4v) is 3.83. The van der Waals surface area contributed by atoms with E-state index in [0.717, 1.165) is 17.0 Å². The summed E-state index contributed by atoms with van der Waals surface area (Å²) in [6.07, 6.45) is -3.19. The minimum atomic E-state index is -4.75. The van der Waals surface area contributed by atoms with Crippen molar-refractivity contribution >= 4 is 29.4 Å². The number of fused-ring (bicyclic) bond motifs is 1.